The largest absolute Gasteiger partial charge is 0.367 e. The molecular weight excluding hydrogens is 470 g/mol. The average Bonchev–Trinajstić information content (AvgIpc) is 2.96. The summed E-state index contributed by atoms with van der Waals surface area (Å²) in [6, 6.07) is 15.3. The maximum absolute atomic E-state index is 6.47. The van der Waals surface area contributed by atoms with Crippen molar-refractivity contribution in [2.24, 2.45) is 4.99 Å². The van der Waals surface area contributed by atoms with Crippen molar-refractivity contribution in [2.75, 3.05) is 31.1 Å². The Morgan fingerprint density at radius 2 is 1.97 bits per heavy atom. The van der Waals surface area contributed by atoms with Crippen molar-refractivity contribution in [3.8, 4) is 0 Å². The summed E-state index contributed by atoms with van der Waals surface area (Å²) in [6.45, 7) is 13.3. The van der Waals surface area contributed by atoms with Gasteiger partial charge in [-0.3, -0.25) is 4.98 Å². The van der Waals surface area contributed by atoms with Crippen molar-refractivity contribution >= 4 is 33.7 Å². The highest BCUT2D eigenvalue weighted by Crippen LogP contribution is 2.36. The molecule has 0 amide bonds. The van der Waals surface area contributed by atoms with Gasteiger partial charge in [-0.15, -0.1) is 0 Å². The molecule has 2 atom stereocenters. The van der Waals surface area contributed by atoms with Crippen LogP contribution in [0.5, 0.6) is 0 Å². The van der Waals surface area contributed by atoms with E-state index >= 15 is 0 Å². The number of pyridine rings is 1. The van der Waals surface area contributed by atoms with E-state index in [1.807, 2.05) is 12.3 Å². The number of hydrogen-bond acceptors (Lipinski definition) is 6. The smallest absolute Gasteiger partial charge is 0.134 e. The number of aromatic nitrogens is 1. The minimum Gasteiger partial charge on any atom is -0.367 e. The number of nitrogens with zero attached hydrogens (tertiary/aromatic N) is 3. The highest BCUT2D eigenvalue weighted by Gasteiger charge is 2.32. The Kier molecular flexibility index (Phi) is 7.18. The minimum absolute atomic E-state index is 0.0853. The van der Waals surface area contributed by atoms with E-state index < -0.39 is 0 Å². The molecule has 4 heterocycles. The number of rotatable bonds is 6. The van der Waals surface area contributed by atoms with E-state index in [9.17, 15) is 0 Å². The lowest BCUT2D eigenvalue weighted by molar-refractivity contribution is 0.0188. The predicted molar refractivity (Wildman–Crippen MR) is 157 cm³/mol. The topological polar surface area (TPSA) is 61.8 Å². The van der Waals surface area contributed by atoms with Gasteiger partial charge in [0.25, 0.3) is 0 Å². The quantitative estimate of drug-likeness (QED) is 0.431. The molecule has 3 aliphatic heterocycles. The number of amidine groups is 1. The number of benzene rings is 2. The van der Waals surface area contributed by atoms with Crippen LogP contribution in [-0.2, 0) is 11.3 Å². The monoisotopic (exact) mass is 509 g/mol. The van der Waals surface area contributed by atoms with E-state index in [1.165, 1.54) is 35.0 Å². The van der Waals surface area contributed by atoms with Crippen molar-refractivity contribution in [3.63, 3.8) is 0 Å². The number of nitrogens with one attached hydrogen (secondary N) is 2. The van der Waals surface area contributed by atoms with Crippen LogP contribution < -0.4 is 15.5 Å². The first kappa shape index (κ1) is 25.1. The van der Waals surface area contributed by atoms with Crippen molar-refractivity contribution in [1.29, 1.82) is 0 Å². The minimum atomic E-state index is -0.115. The Morgan fingerprint density at radius 1 is 1.11 bits per heavy atom. The zero-order chi connectivity index (χ0) is 26.1. The normalized spacial score (nSPS) is 22.1. The SMILES string of the molecule is C=C(CCC)c1ccc(N2CC(C)OC(C3=Nc4cccc(C5CCNCC5)c4CN3)C2)c2cccnc12. The summed E-state index contributed by atoms with van der Waals surface area (Å²) in [7, 11) is 0. The molecule has 0 aliphatic carbocycles. The fraction of sp³-hybridized carbons (Fsp3) is 0.438. The van der Waals surface area contributed by atoms with Crippen LogP contribution in [0.4, 0.5) is 11.4 Å². The molecular formula is C32H39N5O. The lowest BCUT2D eigenvalue weighted by Gasteiger charge is -2.40. The molecule has 0 spiro atoms. The maximum atomic E-state index is 6.47. The molecule has 6 rings (SSSR count). The lowest BCUT2D eigenvalue weighted by Crippen LogP contribution is -2.53. The molecule has 0 saturated carbocycles. The molecule has 2 N–H and O–H groups in total. The van der Waals surface area contributed by atoms with Crippen molar-refractivity contribution in [2.45, 2.75) is 64.2 Å². The Balaban J connectivity index is 1.29. The van der Waals surface area contributed by atoms with E-state index in [4.69, 9.17) is 14.7 Å². The zero-order valence-corrected chi connectivity index (χ0v) is 22.7. The molecule has 2 aromatic carbocycles. The number of piperidine rings is 1. The number of ether oxygens (including phenoxy) is 1. The second-order valence-electron chi connectivity index (χ2n) is 10.9. The number of anilines is 1. The first-order valence-corrected chi connectivity index (χ1v) is 14.2. The lowest BCUT2D eigenvalue weighted by atomic mass is 9.86. The van der Waals surface area contributed by atoms with Crippen LogP contribution in [0.1, 0.15) is 62.1 Å². The van der Waals surface area contributed by atoms with E-state index in [2.05, 4.69) is 72.4 Å². The van der Waals surface area contributed by atoms with Gasteiger partial charge in [0.2, 0.25) is 0 Å². The van der Waals surface area contributed by atoms with Gasteiger partial charge in [0, 0.05) is 41.5 Å². The molecule has 0 bridgehead atoms. The molecule has 38 heavy (non-hydrogen) atoms. The molecule has 2 unspecified atom stereocenters. The van der Waals surface area contributed by atoms with Gasteiger partial charge in [-0.25, -0.2) is 4.99 Å². The van der Waals surface area contributed by atoms with Gasteiger partial charge in [0.05, 0.1) is 23.9 Å². The fourth-order valence-corrected chi connectivity index (χ4v) is 6.39. The Bertz CT molecular complexity index is 1360. The summed E-state index contributed by atoms with van der Waals surface area (Å²) < 4.78 is 6.47. The van der Waals surface area contributed by atoms with Crippen molar-refractivity contribution in [3.05, 3.63) is 71.9 Å². The third-order valence-electron chi connectivity index (χ3n) is 8.24. The van der Waals surface area contributed by atoms with Gasteiger partial charge in [0.1, 0.15) is 11.9 Å². The standard InChI is InChI=1S/C32H39N5O/c1-4-7-21(2)24-11-12-29(26-9-6-15-34-31(24)26)37-19-22(3)38-30(20-37)32-35-18-27-25(8-5-10-28(27)36-32)23-13-16-33-17-14-23/h5-6,8-12,15,22-23,30,33H,2,4,7,13-14,16-20H2,1,3H3,(H,35,36). The molecule has 198 valence electrons. The van der Waals surface area contributed by atoms with E-state index in [0.717, 1.165) is 73.7 Å². The van der Waals surface area contributed by atoms with Crippen LogP contribution in [0.15, 0.2) is 60.2 Å². The van der Waals surface area contributed by atoms with Crippen LogP contribution in [0.2, 0.25) is 0 Å². The summed E-state index contributed by atoms with van der Waals surface area (Å²) in [5.74, 6) is 1.55. The summed E-state index contributed by atoms with van der Waals surface area (Å²) in [6.07, 6.45) is 6.30. The van der Waals surface area contributed by atoms with Gasteiger partial charge in [0.15, 0.2) is 0 Å². The van der Waals surface area contributed by atoms with Crippen LogP contribution in [0, 0.1) is 0 Å². The van der Waals surface area contributed by atoms with Crippen LogP contribution in [0.25, 0.3) is 16.5 Å². The van der Waals surface area contributed by atoms with E-state index in [1.54, 1.807) is 0 Å². The highest BCUT2D eigenvalue weighted by molar-refractivity contribution is 5.99. The number of hydrogen-bond donors (Lipinski definition) is 2. The number of allylic oxidation sites excluding steroid dienone is 1. The first-order chi connectivity index (χ1) is 18.6. The molecule has 1 aromatic heterocycles. The molecule has 3 aliphatic rings. The van der Waals surface area contributed by atoms with Gasteiger partial charge >= 0.3 is 0 Å². The number of morpholine rings is 1. The molecule has 6 nitrogen and oxygen atoms in total. The van der Waals surface area contributed by atoms with Crippen molar-refractivity contribution < 1.29 is 4.74 Å². The van der Waals surface area contributed by atoms with Gasteiger partial charge in [-0.05, 0) is 80.6 Å². The number of fused-ring (bicyclic) bond motifs is 2. The molecule has 2 saturated heterocycles. The summed E-state index contributed by atoms with van der Waals surface area (Å²) in [5, 5.41) is 8.31. The number of aliphatic imine (C=N–C) groups is 1. The third kappa shape index (κ3) is 4.83. The average molecular weight is 510 g/mol. The maximum Gasteiger partial charge on any atom is 0.134 e. The molecule has 6 heteroatoms. The van der Waals surface area contributed by atoms with Gasteiger partial charge in [-0.1, -0.05) is 38.1 Å². The van der Waals surface area contributed by atoms with E-state index in [0.29, 0.717) is 5.92 Å². The van der Waals surface area contributed by atoms with Crippen LogP contribution in [0.3, 0.4) is 0 Å². The third-order valence-corrected chi connectivity index (χ3v) is 8.24. The molecule has 3 aromatic rings. The van der Waals surface area contributed by atoms with Gasteiger partial charge in [-0.2, -0.15) is 0 Å². The first-order valence-electron chi connectivity index (χ1n) is 14.2. The van der Waals surface area contributed by atoms with Crippen molar-refractivity contribution in [1.82, 2.24) is 15.6 Å². The van der Waals surface area contributed by atoms with E-state index in [-0.39, 0.29) is 12.2 Å². The second kappa shape index (κ2) is 10.9. The van der Waals surface area contributed by atoms with Crippen LogP contribution in [-0.4, -0.2) is 49.2 Å². The summed E-state index contributed by atoms with van der Waals surface area (Å²) in [4.78, 5) is 12.3. The summed E-state index contributed by atoms with van der Waals surface area (Å²) >= 11 is 0. The summed E-state index contributed by atoms with van der Waals surface area (Å²) in [5.41, 5.74) is 8.45. The molecule has 0 radical (unpaired) electrons. The zero-order valence-electron chi connectivity index (χ0n) is 22.7. The fourth-order valence-electron chi connectivity index (χ4n) is 6.39. The Hall–Kier alpha value is -3.22. The predicted octanol–water partition coefficient (Wildman–Crippen LogP) is 5.94. The Morgan fingerprint density at radius 3 is 2.82 bits per heavy atom. The highest BCUT2D eigenvalue weighted by atomic mass is 16.5. The Labute approximate surface area is 226 Å². The second-order valence-corrected chi connectivity index (χ2v) is 10.9. The van der Waals surface area contributed by atoms with Crippen LogP contribution >= 0.6 is 0 Å². The molecule has 2 fully saturated rings. The van der Waals surface area contributed by atoms with Gasteiger partial charge < -0.3 is 20.3 Å².